The number of thiazole rings is 1. The lowest BCUT2D eigenvalue weighted by atomic mass is 10.0. The topological polar surface area (TPSA) is 97.1 Å². The highest BCUT2D eigenvalue weighted by Crippen LogP contribution is 2.19. The van der Waals surface area contributed by atoms with Crippen LogP contribution < -0.4 is 16.4 Å². The van der Waals surface area contributed by atoms with Crippen LogP contribution in [-0.4, -0.2) is 29.9 Å². The van der Waals surface area contributed by atoms with Crippen LogP contribution in [0.25, 0.3) is 0 Å². The number of hydrogen-bond acceptors (Lipinski definition) is 5. The highest BCUT2D eigenvalue weighted by molar-refractivity contribution is 7.15. The maximum Gasteiger partial charge on any atom is 0.257 e. The van der Waals surface area contributed by atoms with Gasteiger partial charge in [-0.15, -0.1) is 11.3 Å². The van der Waals surface area contributed by atoms with Crippen LogP contribution in [0.15, 0.2) is 24.4 Å². The Kier molecular flexibility index (Phi) is 8.42. The zero-order chi connectivity index (χ0) is 19.6. The predicted molar refractivity (Wildman–Crippen MR) is 110 cm³/mol. The second-order valence-corrected chi connectivity index (χ2v) is 7.81. The Bertz CT molecular complexity index is 773. The second kappa shape index (κ2) is 10.8. The highest BCUT2D eigenvalue weighted by atomic mass is 32.1. The van der Waals surface area contributed by atoms with Gasteiger partial charge < -0.3 is 11.1 Å². The number of unbranched alkanes of at least 4 members (excludes halogenated alkanes) is 4. The molecule has 27 heavy (non-hydrogen) atoms. The van der Waals surface area contributed by atoms with Gasteiger partial charge in [-0.3, -0.25) is 14.9 Å². The van der Waals surface area contributed by atoms with Crippen molar-refractivity contribution >= 4 is 28.3 Å². The Hall–Kier alpha value is -2.25. The first kappa shape index (κ1) is 21.1. The van der Waals surface area contributed by atoms with Gasteiger partial charge in [0.1, 0.15) is 0 Å². The summed E-state index contributed by atoms with van der Waals surface area (Å²) in [5.74, 6) is -0.325. The summed E-state index contributed by atoms with van der Waals surface area (Å²) in [4.78, 5) is 29.8. The number of aryl methyl sites for hydroxylation is 2. The molecule has 0 fully saturated rings. The zero-order valence-corrected chi connectivity index (χ0v) is 16.8. The molecule has 0 saturated heterocycles. The molecule has 2 rings (SSSR count). The maximum atomic E-state index is 12.4. The number of benzene rings is 1. The SMILES string of the molecule is Cc1cnc(NC(=O)c2ccc(C(=O)NCCCCCCCN)cc2C)s1. The standard InChI is InChI=1S/C20H28N4O2S/c1-14-12-16(18(25)22-11-7-5-3-4-6-10-21)8-9-17(14)19(26)24-20-23-13-15(2)27-20/h8-9,12-13H,3-7,10-11,21H2,1-2H3,(H,22,25)(H,23,24,26). The molecule has 6 nitrogen and oxygen atoms in total. The lowest BCUT2D eigenvalue weighted by Gasteiger charge is -2.09. The van der Waals surface area contributed by atoms with Gasteiger partial charge in [-0.1, -0.05) is 19.3 Å². The van der Waals surface area contributed by atoms with Crippen molar-refractivity contribution in [2.75, 3.05) is 18.4 Å². The Morgan fingerprint density at radius 3 is 2.48 bits per heavy atom. The van der Waals surface area contributed by atoms with E-state index < -0.39 is 0 Å². The number of aromatic nitrogens is 1. The van der Waals surface area contributed by atoms with Crippen molar-refractivity contribution < 1.29 is 9.59 Å². The lowest BCUT2D eigenvalue weighted by Crippen LogP contribution is -2.24. The third kappa shape index (κ3) is 6.77. The Morgan fingerprint density at radius 2 is 1.81 bits per heavy atom. The molecule has 0 saturated carbocycles. The van der Waals surface area contributed by atoms with E-state index in [1.807, 2.05) is 13.8 Å². The van der Waals surface area contributed by atoms with E-state index in [4.69, 9.17) is 5.73 Å². The van der Waals surface area contributed by atoms with Crippen molar-refractivity contribution in [1.82, 2.24) is 10.3 Å². The molecule has 1 aromatic heterocycles. The molecule has 0 atom stereocenters. The molecular formula is C20H28N4O2S. The molecule has 1 aromatic carbocycles. The van der Waals surface area contributed by atoms with E-state index in [9.17, 15) is 9.59 Å². The number of nitrogens with zero attached hydrogens (tertiary/aromatic N) is 1. The van der Waals surface area contributed by atoms with E-state index in [1.165, 1.54) is 11.3 Å². The summed E-state index contributed by atoms with van der Waals surface area (Å²) in [5.41, 5.74) is 7.34. The van der Waals surface area contributed by atoms with Crippen molar-refractivity contribution in [1.29, 1.82) is 0 Å². The van der Waals surface area contributed by atoms with E-state index in [0.717, 1.165) is 49.1 Å². The third-order valence-corrected chi connectivity index (χ3v) is 5.07. The number of carbonyl (C=O) groups excluding carboxylic acids is 2. The highest BCUT2D eigenvalue weighted by Gasteiger charge is 2.13. The number of amides is 2. The van der Waals surface area contributed by atoms with Crippen LogP contribution >= 0.6 is 11.3 Å². The normalized spacial score (nSPS) is 10.6. The molecule has 0 bridgehead atoms. The first-order valence-electron chi connectivity index (χ1n) is 9.34. The average Bonchev–Trinajstić information content (AvgIpc) is 3.05. The van der Waals surface area contributed by atoms with Gasteiger partial charge in [-0.25, -0.2) is 4.98 Å². The molecule has 0 aliphatic rings. The first-order valence-corrected chi connectivity index (χ1v) is 10.2. The first-order chi connectivity index (χ1) is 13.0. The fourth-order valence-corrected chi connectivity index (χ4v) is 3.40. The van der Waals surface area contributed by atoms with Crippen LogP contribution in [0.2, 0.25) is 0 Å². The molecule has 2 amide bonds. The molecule has 0 radical (unpaired) electrons. The van der Waals surface area contributed by atoms with Gasteiger partial charge in [-0.05, 0) is 57.0 Å². The third-order valence-electron chi connectivity index (χ3n) is 4.24. The largest absolute Gasteiger partial charge is 0.352 e. The Labute approximate surface area is 164 Å². The summed E-state index contributed by atoms with van der Waals surface area (Å²) >= 11 is 1.43. The Morgan fingerprint density at radius 1 is 1.07 bits per heavy atom. The fourth-order valence-electron chi connectivity index (χ4n) is 2.74. The predicted octanol–water partition coefficient (Wildman–Crippen LogP) is 3.65. The van der Waals surface area contributed by atoms with Crippen molar-refractivity contribution in [2.45, 2.75) is 46.0 Å². The van der Waals surface area contributed by atoms with Gasteiger partial charge >= 0.3 is 0 Å². The van der Waals surface area contributed by atoms with Gasteiger partial charge in [0.2, 0.25) is 0 Å². The minimum Gasteiger partial charge on any atom is -0.352 e. The second-order valence-electron chi connectivity index (χ2n) is 6.57. The minimum absolute atomic E-state index is 0.109. The number of hydrogen-bond donors (Lipinski definition) is 3. The van der Waals surface area contributed by atoms with Gasteiger partial charge in [0.25, 0.3) is 11.8 Å². The fraction of sp³-hybridized carbons (Fsp3) is 0.450. The van der Waals surface area contributed by atoms with Crippen LogP contribution in [0.1, 0.15) is 63.3 Å². The number of nitrogens with one attached hydrogen (secondary N) is 2. The van der Waals surface area contributed by atoms with E-state index in [2.05, 4.69) is 15.6 Å². The summed E-state index contributed by atoms with van der Waals surface area (Å²) in [5, 5.41) is 6.30. The summed E-state index contributed by atoms with van der Waals surface area (Å²) in [7, 11) is 0. The smallest absolute Gasteiger partial charge is 0.257 e. The van der Waals surface area contributed by atoms with Crippen LogP contribution in [0.5, 0.6) is 0 Å². The molecule has 0 aliphatic carbocycles. The molecule has 1 heterocycles. The van der Waals surface area contributed by atoms with E-state index in [1.54, 1.807) is 24.4 Å². The maximum absolute atomic E-state index is 12.4. The summed E-state index contributed by atoms with van der Waals surface area (Å²) in [6.07, 6.45) is 7.13. The van der Waals surface area contributed by atoms with E-state index in [-0.39, 0.29) is 11.8 Å². The van der Waals surface area contributed by atoms with Crippen molar-refractivity contribution in [3.05, 3.63) is 46.0 Å². The Balaban J connectivity index is 1.84. The quantitative estimate of drug-likeness (QED) is 0.541. The lowest BCUT2D eigenvalue weighted by molar-refractivity contribution is 0.0951. The average molecular weight is 389 g/mol. The molecule has 4 N–H and O–H groups in total. The number of rotatable bonds is 10. The molecular weight excluding hydrogens is 360 g/mol. The molecule has 2 aromatic rings. The summed E-state index contributed by atoms with van der Waals surface area (Å²) in [6.45, 7) is 5.17. The van der Waals surface area contributed by atoms with Crippen LogP contribution in [0, 0.1) is 13.8 Å². The zero-order valence-electron chi connectivity index (χ0n) is 16.0. The van der Waals surface area contributed by atoms with Gasteiger partial charge in [0.05, 0.1) is 0 Å². The number of nitrogens with two attached hydrogens (primary N) is 1. The van der Waals surface area contributed by atoms with E-state index in [0.29, 0.717) is 22.8 Å². The van der Waals surface area contributed by atoms with E-state index >= 15 is 0 Å². The summed E-state index contributed by atoms with van der Waals surface area (Å²) < 4.78 is 0. The van der Waals surface area contributed by atoms with Gasteiger partial charge in [0.15, 0.2) is 5.13 Å². The summed E-state index contributed by atoms with van der Waals surface area (Å²) in [6, 6.07) is 5.12. The van der Waals surface area contributed by atoms with Crippen LogP contribution in [-0.2, 0) is 0 Å². The van der Waals surface area contributed by atoms with Crippen LogP contribution in [0.4, 0.5) is 5.13 Å². The van der Waals surface area contributed by atoms with Gasteiger partial charge in [0, 0.05) is 28.7 Å². The van der Waals surface area contributed by atoms with Crippen molar-refractivity contribution in [3.63, 3.8) is 0 Å². The molecule has 0 spiro atoms. The van der Waals surface area contributed by atoms with Gasteiger partial charge in [-0.2, -0.15) is 0 Å². The van der Waals surface area contributed by atoms with Crippen LogP contribution in [0.3, 0.4) is 0 Å². The number of anilines is 1. The minimum atomic E-state index is -0.216. The number of carbonyl (C=O) groups is 2. The monoisotopic (exact) mass is 388 g/mol. The molecule has 0 aliphatic heterocycles. The molecule has 0 unspecified atom stereocenters. The van der Waals surface area contributed by atoms with Crippen molar-refractivity contribution in [3.8, 4) is 0 Å². The van der Waals surface area contributed by atoms with Crippen molar-refractivity contribution in [2.24, 2.45) is 5.73 Å². The molecule has 7 heteroatoms. The molecule has 146 valence electrons.